The van der Waals surface area contributed by atoms with Gasteiger partial charge in [-0.2, -0.15) is 0 Å². The van der Waals surface area contributed by atoms with Gasteiger partial charge >= 0.3 is 0 Å². The molecule has 0 aliphatic heterocycles. The van der Waals surface area contributed by atoms with Crippen molar-refractivity contribution in [3.8, 4) is 17.0 Å². The molecule has 0 atom stereocenters. The van der Waals surface area contributed by atoms with E-state index >= 15 is 0 Å². The third-order valence-corrected chi connectivity index (χ3v) is 3.68. The van der Waals surface area contributed by atoms with Gasteiger partial charge in [-0.25, -0.2) is 0 Å². The average molecular weight is 275 g/mol. The van der Waals surface area contributed by atoms with E-state index in [1.807, 2.05) is 42.6 Å². The van der Waals surface area contributed by atoms with E-state index in [4.69, 9.17) is 4.74 Å². The normalized spacial score (nSPS) is 11.1. The van der Waals surface area contributed by atoms with Crippen LogP contribution in [-0.4, -0.2) is 22.1 Å². The van der Waals surface area contributed by atoms with Gasteiger partial charge in [0.05, 0.1) is 18.3 Å². The van der Waals surface area contributed by atoms with Crippen LogP contribution < -0.4 is 4.74 Å². The molecule has 0 bridgehead atoms. The number of hydrogen-bond acceptors (Lipinski definition) is 3. The predicted molar refractivity (Wildman–Crippen MR) is 83.4 cm³/mol. The van der Waals surface area contributed by atoms with Gasteiger partial charge in [0, 0.05) is 40.4 Å². The number of pyridine rings is 2. The Kier molecular flexibility index (Phi) is 2.60. The Morgan fingerprint density at radius 3 is 2.62 bits per heavy atom. The van der Waals surface area contributed by atoms with Gasteiger partial charge in [0.2, 0.25) is 0 Å². The monoisotopic (exact) mass is 275 g/mol. The Morgan fingerprint density at radius 2 is 1.81 bits per heavy atom. The van der Waals surface area contributed by atoms with Gasteiger partial charge in [0.15, 0.2) is 0 Å². The van der Waals surface area contributed by atoms with Gasteiger partial charge in [0.25, 0.3) is 0 Å². The molecule has 0 saturated heterocycles. The van der Waals surface area contributed by atoms with E-state index in [0.717, 1.165) is 38.8 Å². The SMILES string of the molecule is COc1ccc2[nH]c3c(-c4ccncc4)nccc3c2c1. The summed E-state index contributed by atoms with van der Waals surface area (Å²) < 4.78 is 5.32. The van der Waals surface area contributed by atoms with Crippen LogP contribution in [0, 0.1) is 0 Å². The van der Waals surface area contributed by atoms with Crippen molar-refractivity contribution in [3.63, 3.8) is 0 Å². The molecular weight excluding hydrogens is 262 g/mol. The van der Waals surface area contributed by atoms with Crippen molar-refractivity contribution < 1.29 is 4.74 Å². The van der Waals surface area contributed by atoms with E-state index in [2.05, 4.69) is 15.0 Å². The number of aromatic amines is 1. The molecule has 0 saturated carbocycles. The zero-order chi connectivity index (χ0) is 14.2. The molecule has 0 radical (unpaired) electrons. The quantitative estimate of drug-likeness (QED) is 0.605. The summed E-state index contributed by atoms with van der Waals surface area (Å²) in [4.78, 5) is 12.0. The van der Waals surface area contributed by atoms with Crippen molar-refractivity contribution in [1.82, 2.24) is 15.0 Å². The predicted octanol–water partition coefficient (Wildman–Crippen LogP) is 3.79. The lowest BCUT2D eigenvalue weighted by molar-refractivity contribution is 0.415. The smallest absolute Gasteiger partial charge is 0.119 e. The summed E-state index contributed by atoms with van der Waals surface area (Å²) in [5, 5.41) is 2.28. The number of rotatable bonds is 2. The summed E-state index contributed by atoms with van der Waals surface area (Å²) in [7, 11) is 1.68. The van der Waals surface area contributed by atoms with Crippen molar-refractivity contribution >= 4 is 21.8 Å². The molecule has 4 heteroatoms. The molecule has 4 rings (SSSR count). The number of methoxy groups -OCH3 is 1. The second-order valence-corrected chi connectivity index (χ2v) is 4.85. The summed E-state index contributed by atoms with van der Waals surface area (Å²) in [6, 6.07) is 12.0. The first-order valence-corrected chi connectivity index (χ1v) is 6.71. The molecule has 3 aromatic heterocycles. The minimum Gasteiger partial charge on any atom is -0.497 e. The minimum atomic E-state index is 0.852. The highest BCUT2D eigenvalue weighted by Crippen LogP contribution is 2.32. The highest BCUT2D eigenvalue weighted by atomic mass is 16.5. The van der Waals surface area contributed by atoms with Crippen LogP contribution >= 0.6 is 0 Å². The minimum absolute atomic E-state index is 0.852. The zero-order valence-electron chi connectivity index (χ0n) is 11.5. The van der Waals surface area contributed by atoms with Gasteiger partial charge in [-0.05, 0) is 36.4 Å². The van der Waals surface area contributed by atoms with Gasteiger partial charge in [-0.3, -0.25) is 9.97 Å². The Morgan fingerprint density at radius 1 is 0.952 bits per heavy atom. The Bertz CT molecular complexity index is 929. The molecule has 0 fully saturated rings. The van der Waals surface area contributed by atoms with Crippen molar-refractivity contribution in [2.75, 3.05) is 7.11 Å². The van der Waals surface area contributed by atoms with Crippen LogP contribution in [0.25, 0.3) is 33.1 Å². The van der Waals surface area contributed by atoms with Crippen LogP contribution in [0.5, 0.6) is 5.75 Å². The molecule has 21 heavy (non-hydrogen) atoms. The number of nitrogens with zero attached hydrogens (tertiary/aromatic N) is 2. The maximum atomic E-state index is 5.32. The molecule has 4 nitrogen and oxygen atoms in total. The molecule has 1 aromatic carbocycles. The van der Waals surface area contributed by atoms with Crippen LogP contribution in [0.3, 0.4) is 0 Å². The third kappa shape index (κ3) is 1.84. The second kappa shape index (κ2) is 4.59. The molecular formula is C17H13N3O. The number of ether oxygens (including phenoxy) is 1. The summed E-state index contributed by atoms with van der Waals surface area (Å²) in [6.45, 7) is 0. The van der Waals surface area contributed by atoms with Gasteiger partial charge < -0.3 is 9.72 Å². The number of nitrogens with one attached hydrogen (secondary N) is 1. The van der Waals surface area contributed by atoms with Crippen LogP contribution in [0.1, 0.15) is 0 Å². The van der Waals surface area contributed by atoms with E-state index in [0.29, 0.717) is 0 Å². The van der Waals surface area contributed by atoms with Crippen molar-refractivity contribution in [1.29, 1.82) is 0 Å². The number of aromatic nitrogens is 3. The first-order valence-electron chi connectivity index (χ1n) is 6.71. The largest absolute Gasteiger partial charge is 0.497 e. The van der Waals surface area contributed by atoms with Crippen molar-refractivity contribution in [2.45, 2.75) is 0 Å². The maximum Gasteiger partial charge on any atom is 0.119 e. The lowest BCUT2D eigenvalue weighted by atomic mass is 10.1. The Hall–Kier alpha value is -2.88. The summed E-state index contributed by atoms with van der Waals surface area (Å²) in [6.07, 6.45) is 5.40. The molecule has 0 amide bonds. The Balaban J connectivity index is 2.06. The van der Waals surface area contributed by atoms with E-state index < -0.39 is 0 Å². The number of fused-ring (bicyclic) bond motifs is 3. The first-order chi connectivity index (χ1) is 10.4. The second-order valence-electron chi connectivity index (χ2n) is 4.85. The van der Waals surface area contributed by atoms with E-state index in [9.17, 15) is 0 Å². The summed E-state index contributed by atoms with van der Waals surface area (Å²) in [5.74, 6) is 0.852. The molecule has 4 aromatic rings. The first kappa shape index (κ1) is 11.9. The lowest BCUT2D eigenvalue weighted by Crippen LogP contribution is -1.85. The van der Waals surface area contributed by atoms with Crippen LogP contribution in [0.4, 0.5) is 0 Å². The van der Waals surface area contributed by atoms with Crippen molar-refractivity contribution in [2.24, 2.45) is 0 Å². The van der Waals surface area contributed by atoms with E-state index in [1.165, 1.54) is 0 Å². The number of benzene rings is 1. The maximum absolute atomic E-state index is 5.32. The summed E-state index contributed by atoms with van der Waals surface area (Å²) >= 11 is 0. The number of H-pyrrole nitrogens is 1. The molecule has 102 valence electrons. The average Bonchev–Trinajstić information content (AvgIpc) is 2.93. The van der Waals surface area contributed by atoms with Gasteiger partial charge in [-0.1, -0.05) is 0 Å². The number of hydrogen-bond donors (Lipinski definition) is 1. The van der Waals surface area contributed by atoms with Gasteiger partial charge in [-0.15, -0.1) is 0 Å². The lowest BCUT2D eigenvalue weighted by Gasteiger charge is -2.01. The molecule has 3 heterocycles. The van der Waals surface area contributed by atoms with Gasteiger partial charge in [0.1, 0.15) is 5.75 Å². The molecule has 0 aliphatic rings. The summed E-state index contributed by atoms with van der Waals surface area (Å²) in [5.41, 5.74) is 4.10. The zero-order valence-corrected chi connectivity index (χ0v) is 11.5. The van der Waals surface area contributed by atoms with Crippen LogP contribution in [0.15, 0.2) is 55.0 Å². The van der Waals surface area contributed by atoms with Crippen molar-refractivity contribution in [3.05, 3.63) is 55.0 Å². The molecule has 0 unspecified atom stereocenters. The topological polar surface area (TPSA) is 50.8 Å². The molecule has 0 spiro atoms. The van der Waals surface area contributed by atoms with E-state index in [-0.39, 0.29) is 0 Å². The van der Waals surface area contributed by atoms with Crippen LogP contribution in [0.2, 0.25) is 0 Å². The molecule has 0 aliphatic carbocycles. The highest BCUT2D eigenvalue weighted by Gasteiger charge is 2.11. The fourth-order valence-electron chi connectivity index (χ4n) is 2.66. The van der Waals surface area contributed by atoms with E-state index in [1.54, 1.807) is 19.5 Å². The third-order valence-electron chi connectivity index (χ3n) is 3.68. The fourth-order valence-corrected chi connectivity index (χ4v) is 2.66. The molecule has 1 N–H and O–H groups in total. The Labute approximate surface area is 121 Å². The van der Waals surface area contributed by atoms with Crippen LogP contribution in [-0.2, 0) is 0 Å². The highest BCUT2D eigenvalue weighted by molar-refractivity contribution is 6.11. The standard InChI is InChI=1S/C17H13N3O/c1-21-12-2-3-15-14(10-12)13-6-9-19-16(17(13)20-15)11-4-7-18-8-5-11/h2-10,20H,1H3. The fraction of sp³-hybridized carbons (Fsp3) is 0.0588.